The Hall–Kier alpha value is -1.05. The first kappa shape index (κ1) is 10.5. The van der Waals surface area contributed by atoms with Crippen molar-refractivity contribution in [1.29, 1.82) is 0 Å². The molecule has 2 rings (SSSR count). The van der Waals surface area contributed by atoms with Crippen molar-refractivity contribution in [2.24, 2.45) is 5.92 Å². The Morgan fingerprint density at radius 2 is 2.13 bits per heavy atom. The number of anilines is 1. The van der Waals surface area contributed by atoms with Gasteiger partial charge < -0.3 is 5.32 Å². The molecule has 1 aromatic carbocycles. The van der Waals surface area contributed by atoms with Gasteiger partial charge in [-0.15, -0.1) is 0 Å². The first-order chi connectivity index (χ1) is 7.15. The second kappa shape index (κ2) is 4.21. The van der Waals surface area contributed by atoms with Gasteiger partial charge in [0.25, 0.3) is 0 Å². The van der Waals surface area contributed by atoms with Gasteiger partial charge in [-0.2, -0.15) is 0 Å². The highest BCUT2D eigenvalue weighted by molar-refractivity contribution is 5.51. The molecule has 1 aliphatic carbocycles. The molecule has 1 fully saturated rings. The molecule has 1 aromatic rings. The van der Waals surface area contributed by atoms with Crippen molar-refractivity contribution in [3.8, 4) is 0 Å². The third kappa shape index (κ3) is 2.49. The van der Waals surface area contributed by atoms with Crippen LogP contribution in [-0.2, 0) is 0 Å². The molecule has 15 heavy (non-hydrogen) atoms. The van der Waals surface area contributed by atoms with E-state index >= 15 is 0 Å². The highest BCUT2D eigenvalue weighted by Gasteiger charge is 2.21. The van der Waals surface area contributed by atoms with Crippen molar-refractivity contribution in [2.45, 2.75) is 39.2 Å². The van der Waals surface area contributed by atoms with E-state index in [1.54, 1.807) is 6.07 Å². The van der Waals surface area contributed by atoms with Gasteiger partial charge in [0.15, 0.2) is 0 Å². The fourth-order valence-corrected chi connectivity index (χ4v) is 2.35. The van der Waals surface area contributed by atoms with Gasteiger partial charge in [-0.1, -0.05) is 6.92 Å². The number of nitrogens with one attached hydrogen (secondary N) is 1. The van der Waals surface area contributed by atoms with Crippen LogP contribution < -0.4 is 5.32 Å². The third-order valence-corrected chi connectivity index (χ3v) is 3.24. The summed E-state index contributed by atoms with van der Waals surface area (Å²) in [7, 11) is 0. The van der Waals surface area contributed by atoms with Gasteiger partial charge in [-0.3, -0.25) is 0 Å². The van der Waals surface area contributed by atoms with Crippen LogP contribution in [-0.4, -0.2) is 6.04 Å². The minimum Gasteiger partial charge on any atom is -0.382 e. The lowest BCUT2D eigenvalue weighted by molar-refractivity contribution is 0.602. The largest absolute Gasteiger partial charge is 0.382 e. The van der Waals surface area contributed by atoms with Gasteiger partial charge in [0.05, 0.1) is 0 Å². The monoisotopic (exact) mass is 207 g/mol. The summed E-state index contributed by atoms with van der Waals surface area (Å²) in [6.07, 6.45) is 3.77. The summed E-state index contributed by atoms with van der Waals surface area (Å²) >= 11 is 0. The summed E-state index contributed by atoms with van der Waals surface area (Å²) < 4.78 is 12.9. The molecule has 0 bridgehead atoms. The van der Waals surface area contributed by atoms with Crippen LogP contribution in [0.15, 0.2) is 18.2 Å². The molecule has 0 radical (unpaired) electrons. The van der Waals surface area contributed by atoms with Gasteiger partial charge in [-0.05, 0) is 55.9 Å². The molecule has 0 heterocycles. The second-order valence-electron chi connectivity index (χ2n) is 4.72. The average Bonchev–Trinajstić information content (AvgIpc) is 2.56. The van der Waals surface area contributed by atoms with Crippen molar-refractivity contribution in [2.75, 3.05) is 5.32 Å². The van der Waals surface area contributed by atoms with E-state index in [1.165, 1.54) is 25.3 Å². The molecule has 2 unspecified atom stereocenters. The Labute approximate surface area is 90.7 Å². The molecule has 0 aromatic heterocycles. The lowest BCUT2D eigenvalue weighted by Crippen LogP contribution is -2.15. The van der Waals surface area contributed by atoms with Crippen molar-refractivity contribution >= 4 is 5.69 Å². The first-order valence-electron chi connectivity index (χ1n) is 5.68. The fourth-order valence-electron chi connectivity index (χ4n) is 2.35. The molecule has 0 aliphatic heterocycles. The summed E-state index contributed by atoms with van der Waals surface area (Å²) in [6.45, 7) is 4.24. The standard InChI is InChI=1S/C13H18FN/c1-9-3-5-12(7-9)15-13-6-4-11(14)8-10(13)2/h4,6,8-9,12,15H,3,5,7H2,1-2H3. The predicted octanol–water partition coefficient (Wildman–Crippen LogP) is 3.73. The maximum atomic E-state index is 12.9. The SMILES string of the molecule is Cc1cc(F)ccc1NC1CCC(C)C1. The summed E-state index contributed by atoms with van der Waals surface area (Å²) in [5.74, 6) is 0.668. The molecule has 0 amide bonds. The zero-order valence-corrected chi connectivity index (χ0v) is 9.39. The third-order valence-electron chi connectivity index (χ3n) is 3.24. The van der Waals surface area contributed by atoms with Crippen molar-refractivity contribution in [1.82, 2.24) is 0 Å². The summed E-state index contributed by atoms with van der Waals surface area (Å²) in [5.41, 5.74) is 2.07. The Morgan fingerprint density at radius 3 is 2.73 bits per heavy atom. The van der Waals surface area contributed by atoms with E-state index in [0.29, 0.717) is 6.04 Å². The second-order valence-corrected chi connectivity index (χ2v) is 4.72. The minimum absolute atomic E-state index is 0.155. The van der Waals surface area contributed by atoms with Crippen LogP contribution in [0.25, 0.3) is 0 Å². The highest BCUT2D eigenvalue weighted by atomic mass is 19.1. The minimum atomic E-state index is -0.155. The van der Waals surface area contributed by atoms with Gasteiger partial charge >= 0.3 is 0 Å². The molecule has 1 aliphatic rings. The van der Waals surface area contributed by atoms with Crippen LogP contribution in [0, 0.1) is 18.7 Å². The van der Waals surface area contributed by atoms with Crippen LogP contribution in [0.1, 0.15) is 31.7 Å². The zero-order chi connectivity index (χ0) is 10.8. The summed E-state index contributed by atoms with van der Waals surface area (Å²) in [4.78, 5) is 0. The Bertz CT molecular complexity index is 348. The molecular formula is C13H18FN. The van der Waals surface area contributed by atoms with Crippen LogP contribution in [0.5, 0.6) is 0 Å². The molecule has 1 nitrogen and oxygen atoms in total. The fraction of sp³-hybridized carbons (Fsp3) is 0.538. The quantitative estimate of drug-likeness (QED) is 0.779. The topological polar surface area (TPSA) is 12.0 Å². The van der Waals surface area contributed by atoms with Crippen LogP contribution in [0.3, 0.4) is 0 Å². The van der Waals surface area contributed by atoms with E-state index in [1.807, 2.05) is 13.0 Å². The van der Waals surface area contributed by atoms with Gasteiger partial charge in [0.2, 0.25) is 0 Å². The highest BCUT2D eigenvalue weighted by Crippen LogP contribution is 2.28. The van der Waals surface area contributed by atoms with Crippen LogP contribution >= 0.6 is 0 Å². The maximum absolute atomic E-state index is 12.9. The van der Waals surface area contributed by atoms with E-state index in [4.69, 9.17) is 0 Å². The van der Waals surface area contributed by atoms with Gasteiger partial charge in [0, 0.05) is 11.7 Å². The van der Waals surface area contributed by atoms with Crippen molar-refractivity contribution in [3.05, 3.63) is 29.6 Å². The van der Waals surface area contributed by atoms with Gasteiger partial charge in [-0.25, -0.2) is 4.39 Å². The number of benzene rings is 1. The van der Waals surface area contributed by atoms with E-state index < -0.39 is 0 Å². The lowest BCUT2D eigenvalue weighted by atomic mass is 10.1. The zero-order valence-electron chi connectivity index (χ0n) is 9.39. The molecule has 82 valence electrons. The molecule has 1 N–H and O–H groups in total. The Balaban J connectivity index is 2.04. The average molecular weight is 207 g/mol. The smallest absolute Gasteiger partial charge is 0.123 e. The van der Waals surface area contributed by atoms with Gasteiger partial charge in [0.1, 0.15) is 5.82 Å². The summed E-state index contributed by atoms with van der Waals surface area (Å²) in [6, 6.07) is 5.52. The van der Waals surface area contributed by atoms with Crippen molar-refractivity contribution < 1.29 is 4.39 Å². The van der Waals surface area contributed by atoms with E-state index in [9.17, 15) is 4.39 Å². The molecular weight excluding hydrogens is 189 g/mol. The van der Waals surface area contributed by atoms with E-state index in [-0.39, 0.29) is 5.82 Å². The Kier molecular flexibility index (Phi) is 2.94. The number of halogens is 1. The van der Waals surface area contributed by atoms with Crippen LogP contribution in [0.4, 0.5) is 10.1 Å². The lowest BCUT2D eigenvalue weighted by Gasteiger charge is -2.16. The number of hydrogen-bond donors (Lipinski definition) is 1. The predicted molar refractivity (Wildman–Crippen MR) is 61.6 cm³/mol. The molecule has 0 spiro atoms. The van der Waals surface area contributed by atoms with E-state index in [0.717, 1.165) is 17.2 Å². The normalized spacial score (nSPS) is 25.5. The Morgan fingerprint density at radius 1 is 1.33 bits per heavy atom. The maximum Gasteiger partial charge on any atom is 0.123 e. The molecule has 1 saturated carbocycles. The number of hydrogen-bond acceptors (Lipinski definition) is 1. The van der Waals surface area contributed by atoms with Crippen LogP contribution in [0.2, 0.25) is 0 Å². The number of rotatable bonds is 2. The molecule has 0 saturated heterocycles. The number of aryl methyl sites for hydroxylation is 1. The molecule has 2 heteroatoms. The first-order valence-corrected chi connectivity index (χ1v) is 5.68. The molecule has 2 atom stereocenters. The van der Waals surface area contributed by atoms with E-state index in [2.05, 4.69) is 12.2 Å². The summed E-state index contributed by atoms with van der Waals surface area (Å²) in [5, 5.41) is 3.50. The van der Waals surface area contributed by atoms with Crippen molar-refractivity contribution in [3.63, 3.8) is 0 Å².